The van der Waals surface area contributed by atoms with Crippen molar-refractivity contribution in [2.24, 2.45) is 0 Å². The van der Waals surface area contributed by atoms with Crippen LogP contribution < -0.4 is 5.32 Å². The highest BCUT2D eigenvalue weighted by Gasteiger charge is 2.08. The minimum atomic E-state index is -0.164. The van der Waals surface area contributed by atoms with Crippen molar-refractivity contribution in [2.75, 3.05) is 6.54 Å². The molecule has 1 aromatic carbocycles. The van der Waals surface area contributed by atoms with Crippen molar-refractivity contribution in [1.82, 2.24) is 15.1 Å². The standard InChI is InChI=1S/C15H20FN3/c1-3-9-19-15(7-8-18-19)12-5-6-13(11-17-4-2)14(16)10-12/h5-8,10,17H,3-4,9,11H2,1-2H3. The molecule has 2 aromatic rings. The Morgan fingerprint density at radius 3 is 2.79 bits per heavy atom. The van der Waals surface area contributed by atoms with E-state index in [1.54, 1.807) is 12.3 Å². The van der Waals surface area contributed by atoms with Crippen LogP contribution in [0.25, 0.3) is 11.3 Å². The van der Waals surface area contributed by atoms with Gasteiger partial charge < -0.3 is 5.32 Å². The van der Waals surface area contributed by atoms with E-state index in [1.165, 1.54) is 0 Å². The van der Waals surface area contributed by atoms with Crippen LogP contribution >= 0.6 is 0 Å². The van der Waals surface area contributed by atoms with E-state index in [0.717, 1.165) is 30.8 Å². The molecule has 0 fully saturated rings. The van der Waals surface area contributed by atoms with Gasteiger partial charge in [-0.2, -0.15) is 5.10 Å². The van der Waals surface area contributed by atoms with Crippen LogP contribution in [0.4, 0.5) is 4.39 Å². The van der Waals surface area contributed by atoms with Gasteiger partial charge in [-0.15, -0.1) is 0 Å². The molecule has 4 heteroatoms. The maximum atomic E-state index is 14.0. The minimum absolute atomic E-state index is 0.164. The first-order chi connectivity index (χ1) is 9.26. The van der Waals surface area contributed by atoms with Crippen LogP contribution in [-0.2, 0) is 13.1 Å². The molecule has 0 unspecified atom stereocenters. The van der Waals surface area contributed by atoms with Gasteiger partial charge in [-0.3, -0.25) is 4.68 Å². The molecule has 102 valence electrons. The molecular weight excluding hydrogens is 241 g/mol. The van der Waals surface area contributed by atoms with E-state index in [0.29, 0.717) is 12.1 Å². The molecule has 0 bridgehead atoms. The number of aryl methyl sites for hydroxylation is 1. The third kappa shape index (κ3) is 3.20. The van der Waals surface area contributed by atoms with Crippen molar-refractivity contribution in [2.45, 2.75) is 33.4 Å². The molecule has 0 aliphatic carbocycles. The summed E-state index contributed by atoms with van der Waals surface area (Å²) in [4.78, 5) is 0. The highest BCUT2D eigenvalue weighted by Crippen LogP contribution is 2.22. The fourth-order valence-electron chi connectivity index (χ4n) is 2.08. The summed E-state index contributed by atoms with van der Waals surface area (Å²) >= 11 is 0. The Morgan fingerprint density at radius 1 is 1.26 bits per heavy atom. The lowest BCUT2D eigenvalue weighted by Gasteiger charge is -2.09. The largest absolute Gasteiger partial charge is 0.313 e. The summed E-state index contributed by atoms with van der Waals surface area (Å²) in [5, 5.41) is 7.40. The quantitative estimate of drug-likeness (QED) is 0.865. The van der Waals surface area contributed by atoms with Gasteiger partial charge in [0.15, 0.2) is 0 Å². The van der Waals surface area contributed by atoms with Gasteiger partial charge in [0.05, 0.1) is 5.69 Å². The number of nitrogens with zero attached hydrogens (tertiary/aromatic N) is 2. The van der Waals surface area contributed by atoms with Gasteiger partial charge in [0.25, 0.3) is 0 Å². The first kappa shape index (κ1) is 13.7. The Kier molecular flexibility index (Phi) is 4.68. The summed E-state index contributed by atoms with van der Waals surface area (Å²) in [6.07, 6.45) is 2.77. The number of hydrogen-bond donors (Lipinski definition) is 1. The fraction of sp³-hybridized carbons (Fsp3) is 0.400. The molecule has 0 radical (unpaired) electrons. The highest BCUT2D eigenvalue weighted by atomic mass is 19.1. The zero-order chi connectivity index (χ0) is 13.7. The Labute approximate surface area is 113 Å². The molecule has 0 aliphatic heterocycles. The van der Waals surface area contributed by atoms with Crippen LogP contribution in [0.2, 0.25) is 0 Å². The average Bonchev–Trinajstić information content (AvgIpc) is 2.86. The third-order valence-electron chi connectivity index (χ3n) is 3.07. The second-order valence-electron chi connectivity index (χ2n) is 4.53. The van der Waals surface area contributed by atoms with Crippen LogP contribution in [0.15, 0.2) is 30.5 Å². The number of halogens is 1. The molecule has 0 atom stereocenters. The maximum Gasteiger partial charge on any atom is 0.128 e. The first-order valence-corrected chi connectivity index (χ1v) is 6.77. The summed E-state index contributed by atoms with van der Waals surface area (Å²) in [7, 11) is 0. The van der Waals surface area contributed by atoms with Gasteiger partial charge in [-0.1, -0.05) is 26.0 Å². The van der Waals surface area contributed by atoms with Crippen molar-refractivity contribution in [3.05, 3.63) is 41.8 Å². The van der Waals surface area contributed by atoms with E-state index >= 15 is 0 Å². The summed E-state index contributed by atoms with van der Waals surface area (Å²) in [5.41, 5.74) is 2.55. The number of nitrogens with one attached hydrogen (secondary N) is 1. The van der Waals surface area contributed by atoms with Crippen molar-refractivity contribution in [3.8, 4) is 11.3 Å². The maximum absolute atomic E-state index is 14.0. The second-order valence-corrected chi connectivity index (χ2v) is 4.53. The van der Waals surface area contributed by atoms with E-state index in [1.807, 2.05) is 29.8 Å². The molecule has 3 nitrogen and oxygen atoms in total. The van der Waals surface area contributed by atoms with Crippen LogP contribution in [0.3, 0.4) is 0 Å². The fourth-order valence-corrected chi connectivity index (χ4v) is 2.08. The van der Waals surface area contributed by atoms with Crippen LogP contribution in [-0.4, -0.2) is 16.3 Å². The van der Waals surface area contributed by atoms with Crippen molar-refractivity contribution in [1.29, 1.82) is 0 Å². The molecule has 1 heterocycles. The Balaban J connectivity index is 2.25. The predicted molar refractivity (Wildman–Crippen MR) is 75.3 cm³/mol. The molecule has 0 spiro atoms. The first-order valence-electron chi connectivity index (χ1n) is 6.77. The normalized spacial score (nSPS) is 10.9. The van der Waals surface area contributed by atoms with Crippen LogP contribution in [0.1, 0.15) is 25.8 Å². The van der Waals surface area contributed by atoms with Gasteiger partial charge in [0, 0.05) is 30.4 Å². The lowest BCUT2D eigenvalue weighted by atomic mass is 10.1. The molecule has 0 saturated carbocycles. The lowest BCUT2D eigenvalue weighted by molar-refractivity contribution is 0.591. The lowest BCUT2D eigenvalue weighted by Crippen LogP contribution is -2.13. The van der Waals surface area contributed by atoms with E-state index in [2.05, 4.69) is 17.3 Å². The molecule has 19 heavy (non-hydrogen) atoms. The summed E-state index contributed by atoms with van der Waals surface area (Å²) in [6.45, 7) is 6.37. The van der Waals surface area contributed by atoms with Crippen molar-refractivity contribution in [3.63, 3.8) is 0 Å². The van der Waals surface area contributed by atoms with Gasteiger partial charge in [0.2, 0.25) is 0 Å². The van der Waals surface area contributed by atoms with Gasteiger partial charge in [-0.25, -0.2) is 4.39 Å². The van der Waals surface area contributed by atoms with Crippen molar-refractivity contribution < 1.29 is 4.39 Å². The Morgan fingerprint density at radius 2 is 2.11 bits per heavy atom. The molecular formula is C15H20FN3. The van der Waals surface area contributed by atoms with Crippen molar-refractivity contribution >= 4 is 0 Å². The number of hydrogen-bond acceptors (Lipinski definition) is 2. The smallest absolute Gasteiger partial charge is 0.128 e. The van der Waals surface area contributed by atoms with Crippen LogP contribution in [0, 0.1) is 5.82 Å². The molecule has 1 N–H and O–H groups in total. The minimum Gasteiger partial charge on any atom is -0.313 e. The van der Waals surface area contributed by atoms with Crippen LogP contribution in [0.5, 0.6) is 0 Å². The number of rotatable bonds is 6. The Hall–Kier alpha value is -1.68. The average molecular weight is 261 g/mol. The molecule has 0 saturated heterocycles. The summed E-state index contributed by atoms with van der Waals surface area (Å²) < 4.78 is 15.9. The Bertz CT molecular complexity index is 534. The number of benzene rings is 1. The second kappa shape index (κ2) is 6.48. The zero-order valence-corrected chi connectivity index (χ0v) is 11.5. The molecule has 0 aliphatic rings. The SMILES string of the molecule is CCCn1nccc1-c1ccc(CNCC)c(F)c1. The number of aromatic nitrogens is 2. The van der Waals surface area contributed by atoms with E-state index in [-0.39, 0.29) is 5.82 Å². The topological polar surface area (TPSA) is 29.9 Å². The van der Waals surface area contributed by atoms with Gasteiger partial charge in [0.1, 0.15) is 5.82 Å². The monoisotopic (exact) mass is 261 g/mol. The predicted octanol–water partition coefficient (Wildman–Crippen LogP) is 3.21. The van der Waals surface area contributed by atoms with E-state index in [9.17, 15) is 4.39 Å². The third-order valence-corrected chi connectivity index (χ3v) is 3.07. The molecule has 1 aromatic heterocycles. The van der Waals surface area contributed by atoms with E-state index < -0.39 is 0 Å². The van der Waals surface area contributed by atoms with Gasteiger partial charge >= 0.3 is 0 Å². The van der Waals surface area contributed by atoms with Gasteiger partial charge in [-0.05, 0) is 25.1 Å². The summed E-state index contributed by atoms with van der Waals surface area (Å²) in [6, 6.07) is 7.32. The highest BCUT2D eigenvalue weighted by molar-refractivity contribution is 5.59. The molecule has 2 rings (SSSR count). The molecule has 0 amide bonds. The summed E-state index contributed by atoms with van der Waals surface area (Å²) in [5.74, 6) is -0.164. The van der Waals surface area contributed by atoms with E-state index in [4.69, 9.17) is 0 Å². The zero-order valence-electron chi connectivity index (χ0n) is 11.5.